The Morgan fingerprint density at radius 2 is 2.37 bits per heavy atom. The van der Waals surface area contributed by atoms with E-state index in [1.807, 2.05) is 25.2 Å². The van der Waals surface area contributed by atoms with Crippen LogP contribution in [0.5, 0.6) is 0 Å². The number of nitrogens with two attached hydrogens (primary N) is 1. The van der Waals surface area contributed by atoms with Gasteiger partial charge in [0.2, 0.25) is 0 Å². The number of nitrogen functional groups attached to an aromatic ring is 1. The molecule has 1 aromatic heterocycles. The zero-order valence-corrected chi connectivity index (χ0v) is 11.5. The SMILES string of the molecule is CN1CCC(CN(C)c2nc3c(N)cccc3o2)C1. The van der Waals surface area contributed by atoms with E-state index >= 15 is 0 Å². The molecule has 0 aliphatic carbocycles. The predicted molar refractivity (Wildman–Crippen MR) is 77.3 cm³/mol. The van der Waals surface area contributed by atoms with Crippen LogP contribution in [0.2, 0.25) is 0 Å². The molecule has 5 heteroatoms. The first-order valence-corrected chi connectivity index (χ1v) is 6.68. The molecule has 102 valence electrons. The van der Waals surface area contributed by atoms with Gasteiger partial charge in [-0.3, -0.25) is 0 Å². The molecule has 1 saturated heterocycles. The summed E-state index contributed by atoms with van der Waals surface area (Å²) in [4.78, 5) is 8.94. The number of anilines is 2. The van der Waals surface area contributed by atoms with E-state index in [1.54, 1.807) is 0 Å². The van der Waals surface area contributed by atoms with E-state index in [9.17, 15) is 0 Å². The Morgan fingerprint density at radius 3 is 3.05 bits per heavy atom. The lowest BCUT2D eigenvalue weighted by Crippen LogP contribution is -2.27. The molecule has 1 aromatic carbocycles. The summed E-state index contributed by atoms with van der Waals surface area (Å²) < 4.78 is 5.77. The zero-order chi connectivity index (χ0) is 13.4. The van der Waals surface area contributed by atoms with Gasteiger partial charge in [0.1, 0.15) is 5.52 Å². The van der Waals surface area contributed by atoms with Gasteiger partial charge in [0.05, 0.1) is 5.69 Å². The number of oxazole rings is 1. The van der Waals surface area contributed by atoms with Crippen molar-refractivity contribution >= 4 is 22.8 Å². The molecule has 2 aromatic rings. The Kier molecular flexibility index (Phi) is 3.06. The first-order valence-electron chi connectivity index (χ1n) is 6.68. The van der Waals surface area contributed by atoms with Crippen LogP contribution < -0.4 is 10.6 Å². The second kappa shape index (κ2) is 4.74. The zero-order valence-electron chi connectivity index (χ0n) is 11.5. The van der Waals surface area contributed by atoms with Gasteiger partial charge < -0.3 is 20.0 Å². The van der Waals surface area contributed by atoms with Gasteiger partial charge in [-0.25, -0.2) is 0 Å². The largest absolute Gasteiger partial charge is 0.423 e. The summed E-state index contributed by atoms with van der Waals surface area (Å²) in [6.45, 7) is 3.29. The van der Waals surface area contributed by atoms with Crippen molar-refractivity contribution in [1.29, 1.82) is 0 Å². The maximum atomic E-state index is 5.90. The monoisotopic (exact) mass is 260 g/mol. The predicted octanol–water partition coefficient (Wildman–Crippen LogP) is 1.80. The number of hydrogen-bond donors (Lipinski definition) is 1. The molecule has 3 rings (SSSR count). The molecular weight excluding hydrogens is 240 g/mol. The van der Waals surface area contributed by atoms with Crippen molar-refractivity contribution in [3.05, 3.63) is 18.2 Å². The van der Waals surface area contributed by atoms with Crippen LogP contribution in [0.15, 0.2) is 22.6 Å². The molecule has 2 heterocycles. The Labute approximate surface area is 113 Å². The van der Waals surface area contributed by atoms with E-state index in [4.69, 9.17) is 10.2 Å². The van der Waals surface area contributed by atoms with Gasteiger partial charge in [-0.2, -0.15) is 4.98 Å². The molecule has 0 bridgehead atoms. The van der Waals surface area contributed by atoms with E-state index in [0.717, 1.165) is 24.2 Å². The molecule has 2 N–H and O–H groups in total. The molecule has 1 fully saturated rings. The Morgan fingerprint density at radius 1 is 1.53 bits per heavy atom. The van der Waals surface area contributed by atoms with Crippen molar-refractivity contribution in [2.45, 2.75) is 6.42 Å². The number of fused-ring (bicyclic) bond motifs is 1. The second-order valence-corrected chi connectivity index (χ2v) is 5.49. The van der Waals surface area contributed by atoms with Crippen LogP contribution in [-0.4, -0.2) is 43.6 Å². The first-order chi connectivity index (χ1) is 9.13. The minimum atomic E-state index is 0.655. The fourth-order valence-electron chi connectivity index (χ4n) is 2.76. The highest BCUT2D eigenvalue weighted by atomic mass is 16.4. The Bertz CT molecular complexity index is 580. The minimum Gasteiger partial charge on any atom is -0.423 e. The van der Waals surface area contributed by atoms with Crippen molar-refractivity contribution in [1.82, 2.24) is 9.88 Å². The summed E-state index contributed by atoms with van der Waals surface area (Å²) in [7, 11) is 4.19. The molecule has 19 heavy (non-hydrogen) atoms. The molecule has 1 unspecified atom stereocenters. The molecular formula is C14H20N4O. The van der Waals surface area contributed by atoms with Crippen LogP contribution in [0.1, 0.15) is 6.42 Å². The van der Waals surface area contributed by atoms with Crippen LogP contribution >= 0.6 is 0 Å². The van der Waals surface area contributed by atoms with E-state index < -0.39 is 0 Å². The molecule has 1 aliphatic rings. The fraction of sp³-hybridized carbons (Fsp3) is 0.500. The average molecular weight is 260 g/mol. The third kappa shape index (κ3) is 2.38. The van der Waals surface area contributed by atoms with Crippen LogP contribution in [0.25, 0.3) is 11.1 Å². The number of para-hydroxylation sites is 1. The highest BCUT2D eigenvalue weighted by molar-refractivity contribution is 5.86. The van der Waals surface area contributed by atoms with Crippen LogP contribution in [0, 0.1) is 5.92 Å². The topological polar surface area (TPSA) is 58.5 Å². The lowest BCUT2D eigenvalue weighted by molar-refractivity contribution is 0.394. The second-order valence-electron chi connectivity index (χ2n) is 5.49. The maximum Gasteiger partial charge on any atom is 0.298 e. The van der Waals surface area contributed by atoms with Gasteiger partial charge in [0.25, 0.3) is 6.01 Å². The van der Waals surface area contributed by atoms with Crippen LogP contribution in [0.4, 0.5) is 11.7 Å². The Balaban J connectivity index is 1.78. The maximum absolute atomic E-state index is 5.90. The van der Waals surface area contributed by atoms with E-state index in [1.165, 1.54) is 13.0 Å². The van der Waals surface area contributed by atoms with Crippen molar-refractivity contribution in [3.63, 3.8) is 0 Å². The van der Waals surface area contributed by atoms with Gasteiger partial charge in [0, 0.05) is 20.1 Å². The quantitative estimate of drug-likeness (QED) is 0.853. The van der Waals surface area contributed by atoms with E-state index in [2.05, 4.69) is 21.8 Å². The lowest BCUT2D eigenvalue weighted by Gasteiger charge is -2.18. The molecule has 1 aliphatic heterocycles. The number of likely N-dealkylation sites (tertiary alicyclic amines) is 1. The normalized spacial score (nSPS) is 20.2. The van der Waals surface area contributed by atoms with E-state index in [-0.39, 0.29) is 0 Å². The molecule has 5 nitrogen and oxygen atoms in total. The van der Waals surface area contributed by atoms with Crippen molar-refractivity contribution in [2.24, 2.45) is 5.92 Å². The molecule has 0 amide bonds. The minimum absolute atomic E-state index is 0.655. The van der Waals surface area contributed by atoms with Gasteiger partial charge in [-0.1, -0.05) is 6.07 Å². The molecule has 0 saturated carbocycles. The summed E-state index contributed by atoms with van der Waals surface area (Å²) in [6.07, 6.45) is 1.24. The summed E-state index contributed by atoms with van der Waals surface area (Å²) in [5.41, 5.74) is 8.08. The number of hydrogen-bond acceptors (Lipinski definition) is 5. The fourth-order valence-corrected chi connectivity index (χ4v) is 2.76. The van der Waals surface area contributed by atoms with Gasteiger partial charge in [-0.15, -0.1) is 0 Å². The van der Waals surface area contributed by atoms with Gasteiger partial charge in [-0.05, 0) is 38.1 Å². The summed E-state index contributed by atoms with van der Waals surface area (Å²) in [6, 6.07) is 6.29. The third-order valence-electron chi connectivity index (χ3n) is 3.79. The Hall–Kier alpha value is -1.75. The molecule has 0 spiro atoms. The van der Waals surface area contributed by atoms with Crippen molar-refractivity contribution in [2.75, 3.05) is 44.4 Å². The highest BCUT2D eigenvalue weighted by Crippen LogP contribution is 2.26. The highest BCUT2D eigenvalue weighted by Gasteiger charge is 2.22. The summed E-state index contributed by atoms with van der Waals surface area (Å²) in [5.74, 6) is 0.683. The van der Waals surface area contributed by atoms with Crippen LogP contribution in [-0.2, 0) is 0 Å². The first kappa shape index (κ1) is 12.3. The third-order valence-corrected chi connectivity index (χ3v) is 3.79. The van der Waals surface area contributed by atoms with Crippen molar-refractivity contribution < 1.29 is 4.42 Å². The molecule has 0 radical (unpaired) electrons. The smallest absolute Gasteiger partial charge is 0.298 e. The standard InChI is InChI=1S/C14H20N4O/c1-17-7-6-10(8-17)9-18(2)14-16-13-11(15)4-3-5-12(13)19-14/h3-5,10H,6-9,15H2,1-2H3. The summed E-state index contributed by atoms with van der Waals surface area (Å²) in [5, 5.41) is 0. The number of rotatable bonds is 3. The number of benzene rings is 1. The van der Waals surface area contributed by atoms with Crippen molar-refractivity contribution in [3.8, 4) is 0 Å². The average Bonchev–Trinajstić information content (AvgIpc) is 2.96. The van der Waals surface area contributed by atoms with Gasteiger partial charge >= 0.3 is 0 Å². The molecule has 1 atom stereocenters. The van der Waals surface area contributed by atoms with Crippen LogP contribution in [0.3, 0.4) is 0 Å². The number of nitrogens with zero attached hydrogens (tertiary/aromatic N) is 3. The lowest BCUT2D eigenvalue weighted by atomic mass is 10.1. The van der Waals surface area contributed by atoms with Gasteiger partial charge in [0.15, 0.2) is 5.58 Å². The number of aromatic nitrogens is 1. The van der Waals surface area contributed by atoms with E-state index in [0.29, 0.717) is 17.6 Å². The summed E-state index contributed by atoms with van der Waals surface area (Å²) >= 11 is 0.